The third kappa shape index (κ3) is 3.39. The highest BCUT2D eigenvalue weighted by molar-refractivity contribution is 7.13. The fourth-order valence-corrected chi connectivity index (χ4v) is 3.49. The van der Waals surface area contributed by atoms with Crippen LogP contribution in [0.5, 0.6) is 0 Å². The van der Waals surface area contributed by atoms with Crippen LogP contribution in [-0.4, -0.2) is 40.4 Å². The lowest BCUT2D eigenvalue weighted by molar-refractivity contribution is 0.437. The quantitative estimate of drug-likeness (QED) is 0.472. The smallest absolute Gasteiger partial charge is 0.164 e. The van der Waals surface area contributed by atoms with Gasteiger partial charge in [0.2, 0.25) is 11.6 Å². The van der Waals surface area contributed by atoms with Gasteiger partial charge < -0.3 is 0 Å². The van der Waals surface area contributed by atoms with Gasteiger partial charge in [-0.2, -0.15) is 9.59 Å². The van der Waals surface area contributed by atoms with E-state index in [4.69, 9.17) is 0 Å². The van der Waals surface area contributed by atoms with Crippen LogP contribution in [0.25, 0.3) is 21.4 Å². The summed E-state index contributed by atoms with van der Waals surface area (Å²) in [7, 11) is 0. The maximum absolute atomic E-state index is 4.39. The topological polar surface area (TPSA) is 87.2 Å². The monoisotopic (exact) mass is 358 g/mol. The lowest BCUT2D eigenvalue weighted by atomic mass is 10.3. The highest BCUT2D eigenvalue weighted by Gasteiger charge is 2.08. The number of aromatic nitrogens is 8. The predicted molar refractivity (Wildman–Crippen MR) is 91.5 cm³/mol. The Bertz CT molecular complexity index is 803. The van der Waals surface area contributed by atoms with Crippen LogP contribution in [0.4, 0.5) is 0 Å². The molecule has 4 heterocycles. The molecule has 0 amide bonds. The first kappa shape index (κ1) is 15.1. The van der Waals surface area contributed by atoms with Crippen molar-refractivity contribution >= 4 is 22.7 Å². The minimum Gasteiger partial charge on any atom is -0.164 e. The van der Waals surface area contributed by atoms with Crippen LogP contribution in [0.3, 0.4) is 0 Å². The van der Waals surface area contributed by atoms with Gasteiger partial charge in [0.15, 0.2) is 0 Å². The van der Waals surface area contributed by atoms with Crippen molar-refractivity contribution < 1.29 is 0 Å². The van der Waals surface area contributed by atoms with E-state index < -0.39 is 0 Å². The molecule has 0 aliphatic heterocycles. The molecule has 0 aliphatic carbocycles. The van der Waals surface area contributed by atoms with Crippen LogP contribution in [0, 0.1) is 0 Å². The largest absolute Gasteiger partial charge is 0.214 e. The third-order valence-electron chi connectivity index (χ3n) is 3.36. The normalized spacial score (nSPS) is 11.2. The number of rotatable bonds is 7. The number of hydrogen-bond donors (Lipinski definition) is 0. The second-order valence-electron chi connectivity index (χ2n) is 5.08. The Morgan fingerprint density at radius 3 is 1.67 bits per heavy atom. The molecule has 4 rings (SSSR count). The SMILES string of the molecule is c1csc(-c2nnn(CCCCn3nnc(-c4cccs4)n3)n2)c1. The fourth-order valence-electron chi connectivity index (χ4n) is 2.19. The highest BCUT2D eigenvalue weighted by atomic mass is 32.1. The van der Waals surface area contributed by atoms with E-state index in [2.05, 4.69) is 30.8 Å². The first-order chi connectivity index (χ1) is 11.9. The molecule has 0 fully saturated rings. The average Bonchev–Trinajstić information content (AvgIpc) is 3.40. The van der Waals surface area contributed by atoms with E-state index in [1.807, 2.05) is 35.0 Å². The van der Waals surface area contributed by atoms with Gasteiger partial charge in [-0.15, -0.1) is 43.1 Å². The van der Waals surface area contributed by atoms with Gasteiger partial charge >= 0.3 is 0 Å². The highest BCUT2D eigenvalue weighted by Crippen LogP contribution is 2.20. The van der Waals surface area contributed by atoms with Crippen molar-refractivity contribution in [3.05, 3.63) is 35.0 Å². The molecule has 0 aliphatic rings. The van der Waals surface area contributed by atoms with Crippen molar-refractivity contribution in [1.29, 1.82) is 0 Å². The van der Waals surface area contributed by atoms with Gasteiger partial charge in [0, 0.05) is 0 Å². The molecule has 0 atom stereocenters. The molecule has 0 bridgehead atoms. The summed E-state index contributed by atoms with van der Waals surface area (Å²) in [5.74, 6) is 1.37. The lowest BCUT2D eigenvalue weighted by Gasteiger charge is -1.99. The maximum Gasteiger partial charge on any atom is 0.214 e. The van der Waals surface area contributed by atoms with Crippen molar-refractivity contribution in [3.8, 4) is 21.4 Å². The predicted octanol–water partition coefficient (Wildman–Crippen LogP) is 2.60. The molecule has 4 aromatic rings. The van der Waals surface area contributed by atoms with Crippen molar-refractivity contribution in [2.45, 2.75) is 25.9 Å². The van der Waals surface area contributed by atoms with Crippen LogP contribution >= 0.6 is 22.7 Å². The summed E-state index contributed by atoms with van der Waals surface area (Å²) in [6, 6.07) is 7.95. The molecule has 0 aromatic carbocycles. The van der Waals surface area contributed by atoms with Crippen LogP contribution in [-0.2, 0) is 13.1 Å². The van der Waals surface area contributed by atoms with Crippen LogP contribution in [0.2, 0.25) is 0 Å². The van der Waals surface area contributed by atoms with Crippen molar-refractivity contribution in [3.63, 3.8) is 0 Å². The van der Waals surface area contributed by atoms with Gasteiger partial charge in [-0.1, -0.05) is 12.1 Å². The van der Waals surface area contributed by atoms with Crippen molar-refractivity contribution in [2.24, 2.45) is 0 Å². The summed E-state index contributed by atoms with van der Waals surface area (Å²) in [5, 5.41) is 29.1. The second-order valence-corrected chi connectivity index (χ2v) is 6.97. The number of hydrogen-bond acceptors (Lipinski definition) is 8. The average molecular weight is 358 g/mol. The van der Waals surface area contributed by atoms with Gasteiger partial charge in [0.25, 0.3) is 0 Å². The summed E-state index contributed by atoms with van der Waals surface area (Å²) in [6.45, 7) is 1.45. The van der Waals surface area contributed by atoms with Gasteiger partial charge in [-0.25, -0.2) is 0 Å². The van der Waals surface area contributed by atoms with E-state index in [-0.39, 0.29) is 0 Å². The number of tetrazole rings is 2. The third-order valence-corrected chi connectivity index (χ3v) is 5.09. The Morgan fingerprint density at radius 1 is 0.750 bits per heavy atom. The Kier molecular flexibility index (Phi) is 4.38. The minimum absolute atomic E-state index is 0.684. The molecule has 24 heavy (non-hydrogen) atoms. The standard InChI is InChI=1S/C14H14N8S2/c1(7-21-17-13(15-19-21)11-5-3-9-23-11)2-8-22-18-14(16-20-22)12-6-4-10-24-12/h3-6,9-10H,1-2,7-8H2. The number of unbranched alkanes of at least 4 members (excludes halogenated alkanes) is 1. The van der Waals surface area contributed by atoms with E-state index in [0.29, 0.717) is 11.6 Å². The molecule has 0 unspecified atom stereocenters. The van der Waals surface area contributed by atoms with E-state index in [1.54, 1.807) is 32.3 Å². The molecule has 0 radical (unpaired) electrons. The minimum atomic E-state index is 0.684. The number of nitrogens with zero attached hydrogens (tertiary/aromatic N) is 8. The van der Waals surface area contributed by atoms with Gasteiger partial charge in [0.05, 0.1) is 22.8 Å². The summed E-state index contributed by atoms with van der Waals surface area (Å²) >= 11 is 3.22. The zero-order valence-electron chi connectivity index (χ0n) is 12.7. The summed E-state index contributed by atoms with van der Waals surface area (Å²) in [5.41, 5.74) is 0. The zero-order chi connectivity index (χ0) is 16.2. The van der Waals surface area contributed by atoms with E-state index >= 15 is 0 Å². The lowest BCUT2D eigenvalue weighted by Crippen LogP contribution is -2.06. The van der Waals surface area contributed by atoms with Gasteiger partial charge in [-0.3, -0.25) is 0 Å². The molecule has 0 saturated carbocycles. The molecule has 0 spiro atoms. The van der Waals surface area contributed by atoms with Crippen LogP contribution < -0.4 is 0 Å². The zero-order valence-corrected chi connectivity index (χ0v) is 14.3. The van der Waals surface area contributed by atoms with E-state index in [0.717, 1.165) is 35.7 Å². The van der Waals surface area contributed by atoms with Gasteiger partial charge in [0.1, 0.15) is 0 Å². The molecule has 0 saturated heterocycles. The fraction of sp³-hybridized carbons (Fsp3) is 0.286. The molecule has 10 heteroatoms. The molecular formula is C14H14N8S2. The van der Waals surface area contributed by atoms with Gasteiger partial charge in [-0.05, 0) is 46.2 Å². The maximum atomic E-state index is 4.39. The summed E-state index contributed by atoms with van der Waals surface area (Å²) in [6.07, 6.45) is 1.85. The summed E-state index contributed by atoms with van der Waals surface area (Å²) in [4.78, 5) is 5.35. The Labute approximate surface area is 145 Å². The Morgan fingerprint density at radius 2 is 1.25 bits per heavy atom. The first-order valence-corrected chi connectivity index (χ1v) is 9.28. The van der Waals surface area contributed by atoms with Crippen molar-refractivity contribution in [1.82, 2.24) is 40.4 Å². The van der Waals surface area contributed by atoms with Crippen molar-refractivity contribution in [2.75, 3.05) is 0 Å². The molecule has 8 nitrogen and oxygen atoms in total. The summed E-state index contributed by atoms with van der Waals surface area (Å²) < 4.78 is 0. The Hall–Kier alpha value is -2.46. The molecule has 0 N–H and O–H groups in total. The number of aryl methyl sites for hydroxylation is 2. The molecule has 122 valence electrons. The Balaban J connectivity index is 1.26. The van der Waals surface area contributed by atoms with Crippen LogP contribution in [0.1, 0.15) is 12.8 Å². The molecule has 4 aromatic heterocycles. The second kappa shape index (κ2) is 6.97. The molecular weight excluding hydrogens is 344 g/mol. The number of thiophene rings is 2. The van der Waals surface area contributed by atoms with Crippen LogP contribution in [0.15, 0.2) is 35.0 Å². The van der Waals surface area contributed by atoms with E-state index in [1.165, 1.54) is 0 Å². The van der Waals surface area contributed by atoms with E-state index in [9.17, 15) is 0 Å². The first-order valence-electron chi connectivity index (χ1n) is 7.52.